The summed E-state index contributed by atoms with van der Waals surface area (Å²) >= 11 is 2.48. The Morgan fingerprint density at radius 1 is 0.840 bits per heavy atom. The Kier molecular flexibility index (Phi) is 3.31. The first kappa shape index (κ1) is 14.9. The molecule has 3 heteroatoms. The van der Waals surface area contributed by atoms with Gasteiger partial charge in [-0.1, -0.05) is 60.7 Å². The molecule has 0 N–H and O–H groups in total. The van der Waals surface area contributed by atoms with Gasteiger partial charge in [0.2, 0.25) is 0 Å². The summed E-state index contributed by atoms with van der Waals surface area (Å²) in [6.45, 7) is 2.11. The predicted octanol–water partition coefficient (Wildman–Crippen LogP) is 6.22. The zero-order valence-corrected chi connectivity index (χ0v) is 15.9. The molecule has 0 fully saturated rings. The largest absolute Gasteiger partial charge is 0.291 e. The molecule has 5 aromatic rings. The molecule has 0 saturated heterocycles. The second-order valence-electron chi connectivity index (χ2n) is 6.34. The summed E-state index contributed by atoms with van der Waals surface area (Å²) in [4.78, 5) is 4.99. The molecule has 2 heterocycles. The third-order valence-electron chi connectivity index (χ3n) is 4.69. The van der Waals surface area contributed by atoms with E-state index >= 15 is 0 Å². The highest BCUT2D eigenvalue weighted by molar-refractivity contribution is 14.1. The van der Waals surface area contributed by atoms with Crippen LogP contribution in [0.1, 0.15) is 5.56 Å². The number of imidazole rings is 1. The SMILES string of the molecule is Cc1ccc2c(c1)nc1c3ccccc3c(I)c(-c3ccccc3)n21. The number of halogens is 1. The van der Waals surface area contributed by atoms with Crippen molar-refractivity contribution in [1.82, 2.24) is 9.38 Å². The molecular formula is C22H15IN2. The molecule has 0 bridgehead atoms. The Morgan fingerprint density at radius 2 is 1.56 bits per heavy atom. The number of nitrogens with zero attached hydrogens (tertiary/aromatic N) is 2. The number of fused-ring (bicyclic) bond motifs is 5. The monoisotopic (exact) mass is 434 g/mol. The highest BCUT2D eigenvalue weighted by Crippen LogP contribution is 2.36. The molecule has 3 aromatic carbocycles. The first-order valence-corrected chi connectivity index (χ1v) is 9.36. The molecule has 0 aliphatic rings. The van der Waals surface area contributed by atoms with Gasteiger partial charge in [0.15, 0.2) is 0 Å². The van der Waals surface area contributed by atoms with E-state index in [1.165, 1.54) is 31.2 Å². The van der Waals surface area contributed by atoms with Crippen LogP contribution in [0.2, 0.25) is 0 Å². The second kappa shape index (κ2) is 5.56. The van der Waals surface area contributed by atoms with Crippen LogP contribution in [0.3, 0.4) is 0 Å². The number of pyridine rings is 1. The standard InChI is InChI=1S/C22H15IN2/c1-14-11-12-19-18(13-14)24-22-17-10-6-5-9-16(17)20(23)21(25(19)22)15-7-3-2-4-8-15/h2-13H,1H3. The van der Waals surface area contributed by atoms with Crippen molar-refractivity contribution in [3.8, 4) is 11.3 Å². The van der Waals surface area contributed by atoms with Crippen LogP contribution in [0.15, 0.2) is 72.8 Å². The average Bonchev–Trinajstić information content (AvgIpc) is 3.01. The Hall–Kier alpha value is -2.40. The van der Waals surface area contributed by atoms with Crippen LogP contribution < -0.4 is 0 Å². The summed E-state index contributed by atoms with van der Waals surface area (Å²) in [6, 6.07) is 25.6. The van der Waals surface area contributed by atoms with E-state index in [4.69, 9.17) is 4.98 Å². The molecule has 25 heavy (non-hydrogen) atoms. The molecule has 0 saturated carbocycles. The van der Waals surface area contributed by atoms with Gasteiger partial charge in [0.05, 0.1) is 16.7 Å². The zero-order chi connectivity index (χ0) is 17.0. The number of hydrogen-bond donors (Lipinski definition) is 0. The lowest BCUT2D eigenvalue weighted by atomic mass is 10.1. The summed E-state index contributed by atoms with van der Waals surface area (Å²) in [6.07, 6.45) is 0. The third-order valence-corrected chi connectivity index (χ3v) is 5.79. The van der Waals surface area contributed by atoms with Gasteiger partial charge in [-0.2, -0.15) is 0 Å². The molecule has 2 nitrogen and oxygen atoms in total. The van der Waals surface area contributed by atoms with Gasteiger partial charge in [0.1, 0.15) is 5.65 Å². The lowest BCUT2D eigenvalue weighted by Crippen LogP contribution is -1.98. The first-order chi connectivity index (χ1) is 12.2. The fourth-order valence-corrected chi connectivity index (χ4v) is 4.57. The number of hydrogen-bond acceptors (Lipinski definition) is 1. The van der Waals surface area contributed by atoms with Gasteiger partial charge in [0, 0.05) is 14.3 Å². The van der Waals surface area contributed by atoms with E-state index in [9.17, 15) is 0 Å². The summed E-state index contributed by atoms with van der Waals surface area (Å²) in [5.74, 6) is 0. The van der Waals surface area contributed by atoms with Crippen LogP contribution in [-0.4, -0.2) is 9.38 Å². The van der Waals surface area contributed by atoms with Crippen LogP contribution >= 0.6 is 22.6 Å². The maximum absolute atomic E-state index is 4.99. The topological polar surface area (TPSA) is 17.3 Å². The Labute approximate surface area is 159 Å². The number of aromatic nitrogens is 2. The van der Waals surface area contributed by atoms with E-state index in [2.05, 4.69) is 107 Å². The molecule has 2 aromatic heterocycles. The summed E-state index contributed by atoms with van der Waals surface area (Å²) in [5, 5.41) is 2.45. The van der Waals surface area contributed by atoms with E-state index in [0.29, 0.717) is 0 Å². The molecule has 0 unspecified atom stereocenters. The maximum atomic E-state index is 4.99. The number of benzene rings is 3. The summed E-state index contributed by atoms with van der Waals surface area (Å²) in [5.41, 5.74) is 6.88. The predicted molar refractivity (Wildman–Crippen MR) is 113 cm³/mol. The first-order valence-electron chi connectivity index (χ1n) is 8.28. The van der Waals surface area contributed by atoms with Gasteiger partial charge in [0.25, 0.3) is 0 Å². The molecule has 0 amide bonds. The minimum absolute atomic E-state index is 1.02. The van der Waals surface area contributed by atoms with Gasteiger partial charge in [-0.25, -0.2) is 4.98 Å². The summed E-state index contributed by atoms with van der Waals surface area (Å²) in [7, 11) is 0. The van der Waals surface area contributed by atoms with Gasteiger partial charge < -0.3 is 0 Å². The zero-order valence-electron chi connectivity index (χ0n) is 13.7. The second-order valence-corrected chi connectivity index (χ2v) is 7.42. The molecule has 0 aliphatic carbocycles. The van der Waals surface area contributed by atoms with Crippen molar-refractivity contribution in [3.63, 3.8) is 0 Å². The van der Waals surface area contributed by atoms with E-state index in [1.54, 1.807) is 0 Å². The normalized spacial score (nSPS) is 11.6. The molecule has 0 radical (unpaired) electrons. The molecule has 0 aliphatic heterocycles. The molecule has 5 rings (SSSR count). The van der Waals surface area contributed by atoms with Crippen molar-refractivity contribution in [2.45, 2.75) is 6.92 Å². The maximum Gasteiger partial charge on any atom is 0.146 e. The van der Waals surface area contributed by atoms with Crippen molar-refractivity contribution in [2.75, 3.05) is 0 Å². The van der Waals surface area contributed by atoms with Crippen molar-refractivity contribution in [1.29, 1.82) is 0 Å². The van der Waals surface area contributed by atoms with E-state index in [1.807, 2.05) is 0 Å². The molecular weight excluding hydrogens is 419 g/mol. The third kappa shape index (κ3) is 2.19. The quantitative estimate of drug-likeness (QED) is 0.286. The summed E-state index contributed by atoms with van der Waals surface area (Å²) < 4.78 is 3.57. The fourth-order valence-electron chi connectivity index (χ4n) is 3.54. The van der Waals surface area contributed by atoms with Gasteiger partial charge in [-0.05, 0) is 52.8 Å². The van der Waals surface area contributed by atoms with Gasteiger partial charge in [-0.3, -0.25) is 4.40 Å². The Balaban J connectivity index is 2.09. The van der Waals surface area contributed by atoms with E-state index < -0.39 is 0 Å². The fraction of sp³-hybridized carbons (Fsp3) is 0.0455. The minimum Gasteiger partial charge on any atom is -0.291 e. The van der Waals surface area contributed by atoms with Crippen LogP contribution in [0, 0.1) is 10.5 Å². The van der Waals surface area contributed by atoms with Crippen LogP contribution in [0.5, 0.6) is 0 Å². The van der Waals surface area contributed by atoms with E-state index in [-0.39, 0.29) is 0 Å². The van der Waals surface area contributed by atoms with Gasteiger partial charge >= 0.3 is 0 Å². The highest BCUT2D eigenvalue weighted by Gasteiger charge is 2.17. The minimum atomic E-state index is 1.02. The molecule has 0 atom stereocenters. The molecule has 120 valence electrons. The molecule has 0 spiro atoms. The van der Waals surface area contributed by atoms with Crippen LogP contribution in [0.25, 0.3) is 38.7 Å². The highest BCUT2D eigenvalue weighted by atomic mass is 127. The average molecular weight is 434 g/mol. The lowest BCUT2D eigenvalue weighted by Gasteiger charge is -2.13. The van der Waals surface area contributed by atoms with Crippen molar-refractivity contribution < 1.29 is 0 Å². The Bertz CT molecular complexity index is 1250. The number of rotatable bonds is 1. The van der Waals surface area contributed by atoms with Crippen molar-refractivity contribution in [3.05, 3.63) is 81.9 Å². The number of aryl methyl sites for hydroxylation is 1. The van der Waals surface area contributed by atoms with Crippen LogP contribution in [-0.2, 0) is 0 Å². The smallest absolute Gasteiger partial charge is 0.146 e. The van der Waals surface area contributed by atoms with Crippen LogP contribution in [0.4, 0.5) is 0 Å². The van der Waals surface area contributed by atoms with Gasteiger partial charge in [-0.15, -0.1) is 0 Å². The van der Waals surface area contributed by atoms with E-state index in [0.717, 1.165) is 16.7 Å². The lowest BCUT2D eigenvalue weighted by molar-refractivity contribution is 1.24. The Morgan fingerprint density at radius 3 is 2.36 bits per heavy atom. The van der Waals surface area contributed by atoms with Crippen molar-refractivity contribution >= 4 is 50.0 Å². The van der Waals surface area contributed by atoms with Crippen molar-refractivity contribution in [2.24, 2.45) is 0 Å².